The number of rotatable bonds is 0. The molecule has 6 heteroatoms. The Kier molecular flexibility index (Phi) is 8.71. The summed E-state index contributed by atoms with van der Waals surface area (Å²) in [5.41, 5.74) is 0. The summed E-state index contributed by atoms with van der Waals surface area (Å²) in [6.07, 6.45) is 0. The van der Waals surface area contributed by atoms with E-state index in [1.54, 1.807) is 0 Å². The zero-order chi connectivity index (χ0) is 15.3. The lowest BCUT2D eigenvalue weighted by atomic mass is 10.3. The lowest BCUT2D eigenvalue weighted by Gasteiger charge is -2.10. The minimum absolute atomic E-state index is 0.659. The number of nitrogens with one attached hydrogen (secondary N) is 4. The van der Waals surface area contributed by atoms with E-state index in [1.807, 2.05) is 24.3 Å². The van der Waals surface area contributed by atoms with Gasteiger partial charge in [-0.25, -0.2) is 0 Å². The van der Waals surface area contributed by atoms with E-state index in [9.17, 15) is 0 Å². The second-order valence-corrected chi connectivity index (χ2v) is 5.17. The van der Waals surface area contributed by atoms with E-state index in [0.29, 0.717) is 13.2 Å². The van der Waals surface area contributed by atoms with Crippen LogP contribution in [0.1, 0.15) is 0 Å². The Balaban J connectivity index is 1.76. The van der Waals surface area contributed by atoms with Crippen molar-refractivity contribution in [2.24, 2.45) is 0 Å². The molecule has 2 rings (SSSR count). The molecular weight excluding hydrogens is 280 g/mol. The van der Waals surface area contributed by atoms with Gasteiger partial charge in [-0.05, 0) is 12.1 Å². The highest BCUT2D eigenvalue weighted by Gasteiger charge is 1.99. The Morgan fingerprint density at radius 3 is 1.45 bits per heavy atom. The van der Waals surface area contributed by atoms with Crippen LogP contribution in [0, 0.1) is 0 Å². The Labute approximate surface area is 133 Å². The molecule has 0 amide bonds. The van der Waals surface area contributed by atoms with Crippen LogP contribution in [0.2, 0.25) is 0 Å². The maximum Gasteiger partial charge on any atom is 0.123 e. The minimum atomic E-state index is 0.659. The molecule has 4 N–H and O–H groups in total. The highest BCUT2D eigenvalue weighted by atomic mass is 16.5. The summed E-state index contributed by atoms with van der Waals surface area (Å²) < 4.78 is 11.4. The van der Waals surface area contributed by atoms with E-state index in [4.69, 9.17) is 9.47 Å². The van der Waals surface area contributed by atoms with Crippen molar-refractivity contribution in [3.63, 3.8) is 0 Å². The Morgan fingerprint density at radius 2 is 1.00 bits per heavy atom. The van der Waals surface area contributed by atoms with Crippen LogP contribution in [0.4, 0.5) is 0 Å². The zero-order valence-corrected chi connectivity index (χ0v) is 13.2. The standard InChI is InChI=1S/C16H28N4O2/c1-2-15-14-16(3-1)22-13-11-20-9-7-18-5-4-17-6-8-19-10-12-21-15/h1-3,14,17-20H,4-13H2. The number of fused-ring (bicyclic) bond motifs is 2. The van der Waals surface area contributed by atoms with Crippen molar-refractivity contribution in [1.82, 2.24) is 21.3 Å². The van der Waals surface area contributed by atoms with E-state index in [-0.39, 0.29) is 0 Å². The lowest BCUT2D eigenvalue weighted by molar-refractivity contribution is 0.299. The van der Waals surface area contributed by atoms with E-state index in [0.717, 1.165) is 63.9 Å². The molecule has 2 bridgehead atoms. The van der Waals surface area contributed by atoms with Crippen molar-refractivity contribution in [3.05, 3.63) is 24.3 Å². The van der Waals surface area contributed by atoms with E-state index < -0.39 is 0 Å². The van der Waals surface area contributed by atoms with E-state index in [1.165, 1.54) is 0 Å². The molecule has 0 saturated heterocycles. The first kappa shape index (κ1) is 17.0. The van der Waals surface area contributed by atoms with E-state index in [2.05, 4.69) is 21.3 Å². The van der Waals surface area contributed by atoms with Crippen LogP contribution in [-0.4, -0.2) is 65.6 Å². The largest absolute Gasteiger partial charge is 0.492 e. The fourth-order valence-corrected chi connectivity index (χ4v) is 2.17. The first-order valence-corrected chi connectivity index (χ1v) is 8.14. The second kappa shape index (κ2) is 11.3. The topological polar surface area (TPSA) is 66.6 Å². The molecule has 0 saturated carbocycles. The summed E-state index contributed by atoms with van der Waals surface area (Å²) in [6.45, 7) is 8.85. The van der Waals surface area contributed by atoms with Gasteiger partial charge in [0.2, 0.25) is 0 Å². The molecule has 1 aromatic carbocycles. The summed E-state index contributed by atoms with van der Waals surface area (Å²) >= 11 is 0. The van der Waals surface area contributed by atoms with Gasteiger partial charge in [-0.1, -0.05) is 6.07 Å². The Morgan fingerprint density at radius 1 is 0.591 bits per heavy atom. The first-order chi connectivity index (χ1) is 10.9. The molecule has 0 fully saturated rings. The molecule has 1 aromatic rings. The minimum Gasteiger partial charge on any atom is -0.492 e. The van der Waals surface area contributed by atoms with E-state index >= 15 is 0 Å². The fourth-order valence-electron chi connectivity index (χ4n) is 2.17. The molecule has 6 nitrogen and oxygen atoms in total. The molecule has 1 aliphatic heterocycles. The Bertz CT molecular complexity index is 370. The van der Waals surface area contributed by atoms with Crippen LogP contribution in [0.5, 0.6) is 11.5 Å². The summed E-state index contributed by atoms with van der Waals surface area (Å²) in [4.78, 5) is 0. The molecule has 0 radical (unpaired) electrons. The summed E-state index contributed by atoms with van der Waals surface area (Å²) in [5.74, 6) is 1.71. The van der Waals surface area contributed by atoms with Gasteiger partial charge in [0.1, 0.15) is 24.7 Å². The van der Waals surface area contributed by atoms with Gasteiger partial charge in [-0.2, -0.15) is 0 Å². The molecule has 0 spiro atoms. The van der Waals surface area contributed by atoms with Crippen molar-refractivity contribution in [2.45, 2.75) is 0 Å². The lowest BCUT2D eigenvalue weighted by Crippen LogP contribution is -2.36. The SMILES string of the molecule is c1cc2cc(c1)OCCNCCNCCNCCNCCO2. The third kappa shape index (κ3) is 7.61. The summed E-state index contributed by atoms with van der Waals surface area (Å²) in [6, 6.07) is 7.82. The third-order valence-corrected chi connectivity index (χ3v) is 3.34. The van der Waals surface area contributed by atoms with Crippen molar-refractivity contribution >= 4 is 0 Å². The quantitative estimate of drug-likeness (QED) is 0.533. The number of ether oxygens (including phenoxy) is 2. The Hall–Kier alpha value is -1.34. The van der Waals surface area contributed by atoms with Gasteiger partial charge in [0.15, 0.2) is 0 Å². The molecular formula is C16H28N4O2. The molecule has 0 aliphatic carbocycles. The molecule has 0 atom stereocenters. The van der Waals surface area contributed by atoms with Gasteiger partial charge in [0, 0.05) is 58.4 Å². The molecule has 1 aliphatic rings. The summed E-state index contributed by atoms with van der Waals surface area (Å²) in [5, 5.41) is 13.5. The molecule has 0 unspecified atom stereocenters. The highest BCUT2D eigenvalue weighted by molar-refractivity contribution is 5.32. The number of hydrogen-bond acceptors (Lipinski definition) is 6. The molecule has 0 aromatic heterocycles. The van der Waals surface area contributed by atoms with Gasteiger partial charge < -0.3 is 30.7 Å². The number of benzene rings is 1. The van der Waals surface area contributed by atoms with Crippen LogP contribution in [-0.2, 0) is 0 Å². The third-order valence-electron chi connectivity index (χ3n) is 3.34. The molecule has 1 heterocycles. The monoisotopic (exact) mass is 308 g/mol. The van der Waals surface area contributed by atoms with Crippen LogP contribution in [0.25, 0.3) is 0 Å². The van der Waals surface area contributed by atoms with Crippen molar-refractivity contribution in [2.75, 3.05) is 65.6 Å². The average Bonchev–Trinajstić information content (AvgIpc) is 2.54. The average molecular weight is 308 g/mol. The van der Waals surface area contributed by atoms with Gasteiger partial charge in [-0.15, -0.1) is 0 Å². The smallest absolute Gasteiger partial charge is 0.123 e. The predicted octanol–water partition coefficient (Wildman–Crippen LogP) is -0.184. The normalized spacial score (nSPS) is 19.8. The molecule has 22 heavy (non-hydrogen) atoms. The molecule has 124 valence electrons. The fraction of sp³-hybridized carbons (Fsp3) is 0.625. The van der Waals surface area contributed by atoms with Gasteiger partial charge >= 0.3 is 0 Å². The highest BCUT2D eigenvalue weighted by Crippen LogP contribution is 2.19. The predicted molar refractivity (Wildman–Crippen MR) is 88.9 cm³/mol. The number of hydrogen-bond donors (Lipinski definition) is 4. The van der Waals surface area contributed by atoms with Crippen molar-refractivity contribution in [1.29, 1.82) is 0 Å². The zero-order valence-electron chi connectivity index (χ0n) is 13.2. The van der Waals surface area contributed by atoms with Gasteiger partial charge in [0.05, 0.1) is 0 Å². The van der Waals surface area contributed by atoms with Crippen LogP contribution in [0.15, 0.2) is 24.3 Å². The first-order valence-electron chi connectivity index (χ1n) is 8.14. The van der Waals surface area contributed by atoms with Gasteiger partial charge in [-0.3, -0.25) is 0 Å². The van der Waals surface area contributed by atoms with Crippen molar-refractivity contribution < 1.29 is 9.47 Å². The van der Waals surface area contributed by atoms with Crippen LogP contribution < -0.4 is 30.7 Å². The van der Waals surface area contributed by atoms with Crippen molar-refractivity contribution in [3.8, 4) is 11.5 Å². The second-order valence-electron chi connectivity index (χ2n) is 5.17. The maximum atomic E-state index is 5.72. The van der Waals surface area contributed by atoms with Gasteiger partial charge in [0.25, 0.3) is 0 Å². The summed E-state index contributed by atoms with van der Waals surface area (Å²) in [7, 11) is 0. The maximum absolute atomic E-state index is 5.72. The van der Waals surface area contributed by atoms with Crippen LogP contribution in [0.3, 0.4) is 0 Å². The van der Waals surface area contributed by atoms with Crippen LogP contribution >= 0.6 is 0 Å².